The molecule has 9 rings (SSSR count). The van der Waals surface area contributed by atoms with Gasteiger partial charge in [-0.15, -0.1) is 0 Å². The van der Waals surface area contributed by atoms with E-state index >= 15 is 0 Å². The van der Waals surface area contributed by atoms with Gasteiger partial charge in [0.25, 0.3) is 0 Å². The van der Waals surface area contributed by atoms with Gasteiger partial charge in [0.2, 0.25) is 11.8 Å². The molecule has 4 saturated carbocycles. The minimum atomic E-state index is -1.57. The van der Waals surface area contributed by atoms with E-state index in [1.54, 1.807) is 121 Å². The number of alkyl carbamates (subject to hydrolysis) is 1. The molecule has 580 valence electrons. The van der Waals surface area contributed by atoms with Crippen molar-refractivity contribution in [3.8, 4) is 0 Å². The van der Waals surface area contributed by atoms with Gasteiger partial charge < -0.3 is 58.6 Å². The summed E-state index contributed by atoms with van der Waals surface area (Å²) in [5.74, 6) is 2.79. The van der Waals surface area contributed by atoms with Crippen molar-refractivity contribution in [2.75, 3.05) is 59.3 Å². The first kappa shape index (κ1) is 82.6. The molecule has 0 bridgehead atoms. The molecule has 0 spiro atoms. The number of benzene rings is 4. The van der Waals surface area contributed by atoms with Crippen LogP contribution >= 0.6 is 0 Å². The topological polar surface area (TPSA) is 239 Å². The molecule has 10 unspecified atom stereocenters. The van der Waals surface area contributed by atoms with Gasteiger partial charge in [0.1, 0.15) is 18.8 Å². The largest absolute Gasteiger partial charge is 0.459 e. The van der Waals surface area contributed by atoms with Gasteiger partial charge in [-0.05, 0) is 205 Å². The summed E-state index contributed by atoms with van der Waals surface area (Å²) in [6, 6.07) is 32.7. The first-order valence-corrected chi connectivity index (χ1v) is 40.5. The van der Waals surface area contributed by atoms with Gasteiger partial charge in [-0.2, -0.15) is 0 Å². The highest BCUT2D eigenvalue weighted by Gasteiger charge is 2.55. The summed E-state index contributed by atoms with van der Waals surface area (Å²) in [5, 5.41) is 9.13. The molecule has 0 aromatic heterocycles. The lowest BCUT2D eigenvalue weighted by atomic mass is 9.53. The molecule has 1 aliphatic heterocycles. The van der Waals surface area contributed by atoms with Gasteiger partial charge >= 0.3 is 30.0 Å². The minimum Gasteiger partial charge on any atom is -0.459 e. The maximum atomic E-state index is 14.0. The van der Waals surface area contributed by atoms with Crippen LogP contribution in [-0.2, 0) is 52.2 Å². The Kier molecular flexibility index (Phi) is 36.4. The van der Waals surface area contributed by atoms with Crippen molar-refractivity contribution < 1.29 is 76.2 Å². The Morgan fingerprint density at radius 3 is 1.55 bits per heavy atom. The summed E-state index contributed by atoms with van der Waals surface area (Å²) >= 11 is 0. The van der Waals surface area contributed by atoms with E-state index in [2.05, 4.69) is 41.9 Å². The van der Waals surface area contributed by atoms with Gasteiger partial charge in [-0.1, -0.05) is 163 Å². The zero-order valence-corrected chi connectivity index (χ0v) is 63.2. The quantitative estimate of drug-likeness (QED) is 0.0161. The summed E-state index contributed by atoms with van der Waals surface area (Å²) in [6.45, 7) is 6.33. The summed E-state index contributed by atoms with van der Waals surface area (Å²) in [5.41, 5.74) is 0.746. The number of hydrogen-bond donors (Lipinski definition) is 3. The molecule has 5 aliphatic rings. The molecule has 19 heteroatoms. The van der Waals surface area contributed by atoms with Crippen LogP contribution < -0.4 is 16.0 Å². The molecule has 3 amide bonds. The van der Waals surface area contributed by atoms with Gasteiger partial charge in [-0.25, -0.2) is 24.0 Å². The molecule has 0 radical (unpaired) electrons. The summed E-state index contributed by atoms with van der Waals surface area (Å²) in [7, 11) is 0. The van der Waals surface area contributed by atoms with Crippen molar-refractivity contribution in [3.63, 3.8) is 0 Å². The molecule has 19 nitrogen and oxygen atoms in total. The first-order valence-electron chi connectivity index (χ1n) is 40.5. The van der Waals surface area contributed by atoms with Crippen molar-refractivity contribution in [2.24, 2.45) is 47.3 Å². The van der Waals surface area contributed by atoms with E-state index in [1.807, 2.05) is 0 Å². The number of carbonyl (C=O) groups excluding carboxylic acids is 7. The van der Waals surface area contributed by atoms with Crippen molar-refractivity contribution >= 4 is 41.8 Å². The molecule has 14 atom stereocenters. The Balaban J connectivity index is 0.607. The molecule has 4 aliphatic carbocycles. The van der Waals surface area contributed by atoms with Crippen LogP contribution in [0.2, 0.25) is 0 Å². The average molecular weight is 1460 g/mol. The number of fused-ring (bicyclic) bond motifs is 5. The van der Waals surface area contributed by atoms with Crippen LogP contribution in [-0.4, -0.2) is 138 Å². The molecule has 4 aromatic carbocycles. The van der Waals surface area contributed by atoms with Gasteiger partial charge in [0, 0.05) is 32.5 Å². The van der Waals surface area contributed by atoms with E-state index in [1.165, 1.54) is 122 Å². The van der Waals surface area contributed by atoms with Crippen LogP contribution in [0.5, 0.6) is 0 Å². The lowest BCUT2D eigenvalue weighted by Gasteiger charge is -2.53. The predicted molar refractivity (Wildman–Crippen MR) is 407 cm³/mol. The van der Waals surface area contributed by atoms with Crippen molar-refractivity contribution in [1.82, 2.24) is 16.0 Å². The molecular weight excluding hydrogens is 1340 g/mol. The zero-order chi connectivity index (χ0) is 74.3. The number of esters is 4. The molecule has 1 saturated heterocycles. The van der Waals surface area contributed by atoms with Gasteiger partial charge in [0.15, 0.2) is 24.6 Å². The van der Waals surface area contributed by atoms with E-state index in [-0.39, 0.29) is 79.3 Å². The zero-order valence-electron chi connectivity index (χ0n) is 63.2. The lowest BCUT2D eigenvalue weighted by Crippen LogP contribution is -2.63. The van der Waals surface area contributed by atoms with Crippen molar-refractivity contribution in [1.29, 1.82) is 0 Å². The molecule has 3 N–H and O–H groups in total. The van der Waals surface area contributed by atoms with Crippen LogP contribution in [0, 0.1) is 47.3 Å². The second-order valence-corrected chi connectivity index (χ2v) is 30.0. The minimum absolute atomic E-state index is 0.0169. The first-order chi connectivity index (χ1) is 51.9. The lowest BCUT2D eigenvalue weighted by molar-refractivity contribution is -0.300. The fourth-order valence-corrected chi connectivity index (χ4v) is 17.1. The number of hydrogen-bond acceptors (Lipinski definition) is 16. The highest BCUT2D eigenvalue weighted by Crippen LogP contribution is 2.60. The van der Waals surface area contributed by atoms with E-state index in [4.69, 9.17) is 42.6 Å². The van der Waals surface area contributed by atoms with Crippen LogP contribution in [0.15, 0.2) is 133 Å². The fraction of sp³-hybridized carbons (Fsp3) is 0.621. The van der Waals surface area contributed by atoms with Crippen LogP contribution in [0.3, 0.4) is 0 Å². The number of allylic oxidation sites excluding steroid dienone is 2. The second kappa shape index (κ2) is 46.7. The van der Waals surface area contributed by atoms with E-state index in [9.17, 15) is 33.6 Å². The summed E-state index contributed by atoms with van der Waals surface area (Å²) in [4.78, 5) is 93.7. The van der Waals surface area contributed by atoms with Gasteiger partial charge in [0.05, 0.1) is 55.3 Å². The third-order valence-corrected chi connectivity index (χ3v) is 22.7. The maximum Gasteiger partial charge on any atom is 0.407 e. The standard InChI is InChI=1S/C87H121N3O16/c1-3-4-5-6-7-8-9-10-11-12-13-14-15-16-17-32-54-90-87(97)102-69-45-47-71-68(61-69)44-46-74-73(71)51-50-72-70(48-49-75(72)74)63(2)43-52-78(92)88-53-33-22-31-42-77(91)89-55-56-98-57-58-99-59-60-100-86-81(106-85(96)67-40-29-21-30-41-67)80(105-84(95)66-38-27-20-28-39-66)79(104-83(94)65-36-25-19-26-37-65)76(103-86)62-101-82(93)64-34-23-18-24-35-64/h10-11,18-21,23-30,34-41,63,68-76,79-81,86H,3-9,12-17,22,31-33,42-62H2,1-2H3,(H,88,92)(H,89,91)(H,90,97)/b11-10-/t63-,68?,69-,70?,71?,72?,73?,74?,75?,76?,79-,80?,81?,86+/m1/s1. The molecule has 5 fully saturated rings. The van der Waals surface area contributed by atoms with Crippen molar-refractivity contribution in [2.45, 2.75) is 237 Å². The Hall–Kier alpha value is -7.45. The van der Waals surface area contributed by atoms with E-state index in [0.717, 1.165) is 74.5 Å². The number of rotatable bonds is 46. The summed E-state index contributed by atoms with van der Waals surface area (Å²) < 4.78 is 54.4. The molecule has 106 heavy (non-hydrogen) atoms. The highest BCUT2D eigenvalue weighted by atomic mass is 16.7. The predicted octanol–water partition coefficient (Wildman–Crippen LogP) is 16.5. The number of amides is 3. The highest BCUT2D eigenvalue weighted by molar-refractivity contribution is 5.92. The van der Waals surface area contributed by atoms with Crippen LogP contribution in [0.25, 0.3) is 0 Å². The van der Waals surface area contributed by atoms with E-state index in [0.29, 0.717) is 56.7 Å². The molecule has 1 heterocycles. The fourth-order valence-electron chi connectivity index (χ4n) is 17.1. The third kappa shape index (κ3) is 27.3. The Bertz CT molecular complexity index is 3250. The average Bonchev–Trinajstić information content (AvgIpc) is 1.41. The van der Waals surface area contributed by atoms with Crippen LogP contribution in [0.1, 0.15) is 241 Å². The Labute approximate surface area is 630 Å². The van der Waals surface area contributed by atoms with E-state index < -0.39 is 61.2 Å². The third-order valence-electron chi connectivity index (χ3n) is 22.7. The Morgan fingerprint density at radius 2 is 0.915 bits per heavy atom. The molecule has 4 aromatic rings. The Morgan fingerprint density at radius 1 is 0.443 bits per heavy atom. The monoisotopic (exact) mass is 1460 g/mol. The summed E-state index contributed by atoms with van der Waals surface area (Å²) in [6.07, 6.45) is 30.3. The number of ether oxygens (including phenoxy) is 9. The number of unbranched alkanes of at least 4 members (excludes halogenated alkanes) is 14. The smallest absolute Gasteiger partial charge is 0.407 e. The number of carbonyl (C=O) groups is 7. The molecular formula is C87H121N3O16. The van der Waals surface area contributed by atoms with Crippen molar-refractivity contribution in [3.05, 3.63) is 156 Å². The SMILES string of the molecule is CCCCCCCC/C=C\CCCCCCCCNC(=O)O[C@@H]1CCC2C(CCC3C2CCC2C3CCC2[C@H](C)CCC(=O)NCCCCCC(=O)NCCOCCOCCO[C@H]2OC(COC(=O)c3ccccc3)[C@@H](OC(=O)c3ccccc3)C(OC(=O)c3ccccc3)C2OC(=O)c2ccccc2)C1. The number of nitrogens with one attached hydrogen (secondary N) is 3. The normalized spacial score (nSPS) is 24.1. The van der Waals surface area contributed by atoms with Crippen LogP contribution in [0.4, 0.5) is 4.79 Å². The van der Waals surface area contributed by atoms with Gasteiger partial charge in [-0.3, -0.25) is 9.59 Å². The second-order valence-electron chi connectivity index (χ2n) is 30.0. The maximum absolute atomic E-state index is 14.0.